The molecule has 1 N–H and O–H groups in total. The number of alkyl halides is 1. The highest BCUT2D eigenvalue weighted by atomic mass is 79.9. The molecule has 1 amide bonds. The number of fused-ring (bicyclic) bond motifs is 1. The minimum atomic E-state index is -0.124. The van der Waals surface area contributed by atoms with Crippen molar-refractivity contribution < 1.29 is 9.53 Å². The predicted octanol–water partition coefficient (Wildman–Crippen LogP) is 4.35. The van der Waals surface area contributed by atoms with Crippen LogP contribution in [0.25, 0.3) is 0 Å². The number of hydrogen-bond acceptors (Lipinski definition) is 2. The topological polar surface area (TPSA) is 38.3 Å². The van der Waals surface area contributed by atoms with Gasteiger partial charge in [0.15, 0.2) is 6.61 Å². The van der Waals surface area contributed by atoms with Gasteiger partial charge in [-0.05, 0) is 41.8 Å². The van der Waals surface area contributed by atoms with Crippen molar-refractivity contribution in [1.29, 1.82) is 0 Å². The van der Waals surface area contributed by atoms with Gasteiger partial charge in [0.1, 0.15) is 5.75 Å². The molecule has 0 bridgehead atoms. The lowest BCUT2D eigenvalue weighted by Gasteiger charge is -2.20. The van der Waals surface area contributed by atoms with E-state index in [0.717, 1.165) is 28.3 Å². The van der Waals surface area contributed by atoms with Gasteiger partial charge >= 0.3 is 0 Å². The van der Waals surface area contributed by atoms with Crippen molar-refractivity contribution in [3.63, 3.8) is 0 Å². The number of anilines is 1. The standard InChI is InChI=1S/C16H13BrClNO2/c17-13(7-10-2-1-3-12(18)6-10)11-4-5-15-14(8-11)19-16(20)9-21-15/h1-6,8,13H,7,9H2,(H,19,20). The largest absolute Gasteiger partial charge is 0.482 e. The van der Waals surface area contributed by atoms with Crippen LogP contribution >= 0.6 is 27.5 Å². The first kappa shape index (κ1) is 14.4. The summed E-state index contributed by atoms with van der Waals surface area (Å²) in [6.07, 6.45) is 0.814. The third-order valence-electron chi connectivity index (χ3n) is 3.30. The summed E-state index contributed by atoms with van der Waals surface area (Å²) in [5.74, 6) is 0.585. The summed E-state index contributed by atoms with van der Waals surface area (Å²) in [5, 5.41) is 3.56. The SMILES string of the molecule is O=C1COc2ccc(C(Br)Cc3cccc(Cl)c3)cc2N1. The van der Waals surface area contributed by atoms with Gasteiger partial charge in [0.2, 0.25) is 0 Å². The van der Waals surface area contributed by atoms with Gasteiger partial charge in [0.25, 0.3) is 5.91 Å². The first-order valence-electron chi connectivity index (χ1n) is 6.57. The molecule has 3 nitrogen and oxygen atoms in total. The number of benzene rings is 2. The Bertz CT molecular complexity index is 690. The van der Waals surface area contributed by atoms with Crippen LogP contribution in [0.15, 0.2) is 42.5 Å². The molecular formula is C16H13BrClNO2. The Balaban J connectivity index is 1.80. The highest BCUT2D eigenvalue weighted by Crippen LogP contribution is 2.34. The van der Waals surface area contributed by atoms with Crippen molar-refractivity contribution in [2.24, 2.45) is 0 Å². The number of amides is 1. The molecule has 0 saturated carbocycles. The van der Waals surface area contributed by atoms with Crippen LogP contribution in [-0.4, -0.2) is 12.5 Å². The van der Waals surface area contributed by atoms with E-state index in [1.807, 2.05) is 42.5 Å². The Morgan fingerprint density at radius 3 is 2.95 bits per heavy atom. The lowest BCUT2D eigenvalue weighted by atomic mass is 10.0. The van der Waals surface area contributed by atoms with Gasteiger partial charge in [-0.2, -0.15) is 0 Å². The molecule has 1 aliphatic rings. The van der Waals surface area contributed by atoms with Crippen molar-refractivity contribution in [3.05, 3.63) is 58.6 Å². The summed E-state index contributed by atoms with van der Waals surface area (Å²) in [7, 11) is 0. The van der Waals surface area contributed by atoms with E-state index in [1.54, 1.807) is 0 Å². The second-order valence-electron chi connectivity index (χ2n) is 4.89. The Morgan fingerprint density at radius 2 is 2.14 bits per heavy atom. The van der Waals surface area contributed by atoms with Gasteiger partial charge in [-0.3, -0.25) is 4.79 Å². The summed E-state index contributed by atoms with van der Waals surface area (Å²) >= 11 is 9.70. The number of carbonyl (C=O) groups excluding carboxylic acids is 1. The maximum absolute atomic E-state index is 11.4. The molecule has 0 radical (unpaired) electrons. The molecule has 108 valence electrons. The van der Waals surface area contributed by atoms with Gasteiger partial charge < -0.3 is 10.1 Å². The summed E-state index contributed by atoms with van der Waals surface area (Å²) in [6.45, 7) is 0.0760. The molecule has 0 aliphatic carbocycles. The number of carbonyl (C=O) groups is 1. The summed E-state index contributed by atoms with van der Waals surface area (Å²) < 4.78 is 5.36. The van der Waals surface area contributed by atoms with Crippen LogP contribution in [0.3, 0.4) is 0 Å². The van der Waals surface area contributed by atoms with Crippen molar-refractivity contribution in [2.75, 3.05) is 11.9 Å². The predicted molar refractivity (Wildman–Crippen MR) is 87.4 cm³/mol. The normalized spacial score (nSPS) is 14.9. The minimum absolute atomic E-state index is 0.0760. The lowest BCUT2D eigenvalue weighted by molar-refractivity contribution is -0.118. The van der Waals surface area contributed by atoms with E-state index < -0.39 is 0 Å². The first-order chi connectivity index (χ1) is 10.1. The number of halogens is 2. The van der Waals surface area contributed by atoms with Crippen molar-refractivity contribution in [3.8, 4) is 5.75 Å². The maximum Gasteiger partial charge on any atom is 0.262 e. The van der Waals surface area contributed by atoms with Gasteiger partial charge in [-0.15, -0.1) is 0 Å². The second kappa shape index (κ2) is 6.08. The summed E-state index contributed by atoms with van der Waals surface area (Å²) in [6, 6.07) is 13.6. The highest BCUT2D eigenvalue weighted by Gasteiger charge is 2.18. The molecule has 2 aromatic rings. The zero-order valence-electron chi connectivity index (χ0n) is 11.1. The molecule has 5 heteroatoms. The molecule has 1 aliphatic heterocycles. The Kier molecular flexibility index (Phi) is 4.17. The average Bonchev–Trinajstić information content (AvgIpc) is 2.46. The van der Waals surface area contributed by atoms with Crippen LogP contribution < -0.4 is 10.1 Å². The van der Waals surface area contributed by atoms with E-state index >= 15 is 0 Å². The van der Waals surface area contributed by atoms with E-state index in [9.17, 15) is 4.79 Å². The van der Waals surface area contributed by atoms with E-state index in [4.69, 9.17) is 16.3 Å². The number of hydrogen-bond donors (Lipinski definition) is 1. The Labute approximate surface area is 136 Å². The van der Waals surface area contributed by atoms with Gasteiger partial charge in [-0.1, -0.05) is 45.7 Å². The van der Waals surface area contributed by atoms with E-state index in [-0.39, 0.29) is 17.3 Å². The van der Waals surface area contributed by atoms with Gasteiger partial charge in [-0.25, -0.2) is 0 Å². The fraction of sp³-hybridized carbons (Fsp3) is 0.188. The molecule has 21 heavy (non-hydrogen) atoms. The molecule has 3 rings (SSSR count). The number of nitrogens with one attached hydrogen (secondary N) is 1. The van der Waals surface area contributed by atoms with Crippen LogP contribution in [0.2, 0.25) is 5.02 Å². The monoisotopic (exact) mass is 365 g/mol. The zero-order chi connectivity index (χ0) is 14.8. The van der Waals surface area contributed by atoms with Gasteiger partial charge in [0, 0.05) is 9.85 Å². The summed E-state index contributed by atoms with van der Waals surface area (Å²) in [5.41, 5.74) is 2.96. The van der Waals surface area contributed by atoms with E-state index in [2.05, 4.69) is 21.2 Å². The highest BCUT2D eigenvalue weighted by molar-refractivity contribution is 9.09. The fourth-order valence-electron chi connectivity index (χ4n) is 2.28. The number of rotatable bonds is 3. The molecule has 1 atom stereocenters. The average molecular weight is 367 g/mol. The lowest BCUT2D eigenvalue weighted by Crippen LogP contribution is -2.25. The Hall–Kier alpha value is -1.52. The first-order valence-corrected chi connectivity index (χ1v) is 7.86. The van der Waals surface area contributed by atoms with Crippen molar-refractivity contribution >= 4 is 39.1 Å². The van der Waals surface area contributed by atoms with Crippen LogP contribution in [0.1, 0.15) is 16.0 Å². The van der Waals surface area contributed by atoms with E-state index in [1.165, 1.54) is 0 Å². The van der Waals surface area contributed by atoms with Gasteiger partial charge in [0.05, 0.1) is 5.69 Å². The van der Waals surface area contributed by atoms with Crippen LogP contribution in [0, 0.1) is 0 Å². The quantitative estimate of drug-likeness (QED) is 0.820. The van der Waals surface area contributed by atoms with Crippen LogP contribution in [0.4, 0.5) is 5.69 Å². The van der Waals surface area contributed by atoms with Crippen LogP contribution in [0.5, 0.6) is 5.75 Å². The molecular weight excluding hydrogens is 354 g/mol. The third-order valence-corrected chi connectivity index (χ3v) is 4.39. The molecule has 1 heterocycles. The summed E-state index contributed by atoms with van der Waals surface area (Å²) in [4.78, 5) is 11.5. The smallest absolute Gasteiger partial charge is 0.262 e. The fourth-order valence-corrected chi connectivity index (χ4v) is 3.16. The number of ether oxygens (including phenoxy) is 1. The molecule has 0 saturated heterocycles. The van der Waals surface area contributed by atoms with Crippen LogP contribution in [-0.2, 0) is 11.2 Å². The van der Waals surface area contributed by atoms with Crippen molar-refractivity contribution in [1.82, 2.24) is 0 Å². The maximum atomic E-state index is 11.4. The van der Waals surface area contributed by atoms with Crippen molar-refractivity contribution in [2.45, 2.75) is 11.2 Å². The minimum Gasteiger partial charge on any atom is -0.482 e. The Morgan fingerprint density at radius 1 is 1.29 bits per heavy atom. The molecule has 1 unspecified atom stereocenters. The molecule has 0 spiro atoms. The molecule has 0 fully saturated rings. The molecule has 0 aromatic heterocycles. The molecule has 2 aromatic carbocycles. The van der Waals surface area contributed by atoms with E-state index in [0.29, 0.717) is 5.75 Å². The second-order valence-corrected chi connectivity index (χ2v) is 6.44. The zero-order valence-corrected chi connectivity index (χ0v) is 13.4. The third kappa shape index (κ3) is 3.39.